The summed E-state index contributed by atoms with van der Waals surface area (Å²) < 4.78 is 1.70. The number of hydrogen-bond acceptors (Lipinski definition) is 4. The van der Waals surface area contributed by atoms with Crippen molar-refractivity contribution in [1.29, 1.82) is 0 Å². The number of fused-ring (bicyclic) bond motifs is 1. The Labute approximate surface area is 121 Å². The molecular weight excluding hydrogens is 270 g/mol. The van der Waals surface area contributed by atoms with Crippen LogP contribution in [0, 0.1) is 6.92 Å². The third kappa shape index (κ3) is 2.58. The van der Waals surface area contributed by atoms with Crippen molar-refractivity contribution in [2.24, 2.45) is 7.05 Å². The van der Waals surface area contributed by atoms with Gasteiger partial charge in [0.1, 0.15) is 0 Å². The van der Waals surface area contributed by atoms with E-state index in [4.69, 9.17) is 0 Å². The second-order valence-electron chi connectivity index (χ2n) is 5.32. The zero-order valence-electron chi connectivity index (χ0n) is 12.0. The van der Waals surface area contributed by atoms with Crippen LogP contribution in [0.15, 0.2) is 12.3 Å². The Balaban J connectivity index is 1.78. The van der Waals surface area contributed by atoms with Crippen molar-refractivity contribution < 1.29 is 9.59 Å². The summed E-state index contributed by atoms with van der Waals surface area (Å²) in [6.07, 6.45) is 2.67. The van der Waals surface area contributed by atoms with Crippen molar-refractivity contribution in [2.75, 3.05) is 6.54 Å². The van der Waals surface area contributed by atoms with Crippen LogP contribution in [0.1, 0.15) is 28.9 Å². The maximum absolute atomic E-state index is 12.3. The van der Waals surface area contributed by atoms with E-state index in [0.717, 1.165) is 16.7 Å². The molecule has 1 fully saturated rings. The van der Waals surface area contributed by atoms with Gasteiger partial charge in [0, 0.05) is 37.6 Å². The maximum Gasteiger partial charge on any atom is 0.253 e. The number of aryl methyl sites for hydroxylation is 2. The fourth-order valence-electron chi connectivity index (χ4n) is 2.56. The Morgan fingerprint density at radius 1 is 1.52 bits per heavy atom. The molecule has 0 aliphatic carbocycles. The Morgan fingerprint density at radius 2 is 2.33 bits per heavy atom. The van der Waals surface area contributed by atoms with Gasteiger partial charge in [-0.3, -0.25) is 14.3 Å². The number of amides is 2. The molecule has 7 heteroatoms. The quantitative estimate of drug-likeness (QED) is 0.830. The van der Waals surface area contributed by atoms with Gasteiger partial charge in [-0.25, -0.2) is 4.98 Å². The van der Waals surface area contributed by atoms with Gasteiger partial charge in [-0.15, -0.1) is 0 Å². The number of hydrogen-bond donors (Lipinski definition) is 2. The minimum Gasteiger partial charge on any atom is -0.354 e. The highest BCUT2D eigenvalue weighted by atomic mass is 16.2. The molecule has 1 aliphatic rings. The molecule has 0 radical (unpaired) electrons. The van der Waals surface area contributed by atoms with Crippen LogP contribution < -0.4 is 10.6 Å². The highest BCUT2D eigenvalue weighted by Gasteiger charge is 2.20. The normalized spacial score (nSPS) is 18.6. The predicted octanol–water partition coefficient (Wildman–Crippen LogP) is 0.285. The standard InChI is InChI=1S/C14H17N5O2/c1-8-11-5-9(6-16-13(11)19(2)18-8)14(21)17-10-3-4-12(20)15-7-10/h5-6,10H,3-4,7H2,1-2H3,(H,15,20)(H,17,21). The predicted molar refractivity (Wildman–Crippen MR) is 76.7 cm³/mol. The van der Waals surface area contributed by atoms with Crippen molar-refractivity contribution in [2.45, 2.75) is 25.8 Å². The monoisotopic (exact) mass is 287 g/mol. The molecule has 1 saturated heterocycles. The van der Waals surface area contributed by atoms with E-state index in [2.05, 4.69) is 20.7 Å². The summed E-state index contributed by atoms with van der Waals surface area (Å²) in [6.45, 7) is 2.37. The van der Waals surface area contributed by atoms with Crippen LogP contribution in [-0.4, -0.2) is 39.2 Å². The molecule has 3 rings (SSSR count). The molecular formula is C14H17N5O2. The second kappa shape index (κ2) is 5.16. The SMILES string of the molecule is Cc1nn(C)c2ncc(C(=O)NC3CCC(=O)NC3)cc12. The first kappa shape index (κ1) is 13.5. The first-order valence-electron chi connectivity index (χ1n) is 6.91. The average Bonchev–Trinajstić information content (AvgIpc) is 2.76. The molecule has 3 heterocycles. The molecule has 1 unspecified atom stereocenters. The van der Waals surface area contributed by atoms with E-state index in [1.807, 2.05) is 14.0 Å². The highest BCUT2D eigenvalue weighted by Crippen LogP contribution is 2.16. The molecule has 2 amide bonds. The van der Waals surface area contributed by atoms with E-state index in [0.29, 0.717) is 24.9 Å². The zero-order valence-corrected chi connectivity index (χ0v) is 12.0. The summed E-state index contributed by atoms with van der Waals surface area (Å²) in [5.74, 6) is -0.136. The van der Waals surface area contributed by atoms with Gasteiger partial charge in [0.25, 0.3) is 5.91 Å². The van der Waals surface area contributed by atoms with Crippen LogP contribution in [0.4, 0.5) is 0 Å². The lowest BCUT2D eigenvalue weighted by molar-refractivity contribution is -0.122. The molecule has 0 aromatic carbocycles. The number of piperidine rings is 1. The molecule has 2 aromatic rings. The smallest absolute Gasteiger partial charge is 0.253 e. The molecule has 0 bridgehead atoms. The van der Waals surface area contributed by atoms with Gasteiger partial charge in [-0.05, 0) is 19.4 Å². The fourth-order valence-corrected chi connectivity index (χ4v) is 2.56. The molecule has 7 nitrogen and oxygen atoms in total. The van der Waals surface area contributed by atoms with Crippen LogP contribution in [-0.2, 0) is 11.8 Å². The van der Waals surface area contributed by atoms with E-state index >= 15 is 0 Å². The molecule has 0 spiro atoms. The van der Waals surface area contributed by atoms with E-state index in [1.54, 1.807) is 16.9 Å². The van der Waals surface area contributed by atoms with Gasteiger partial charge in [-0.1, -0.05) is 0 Å². The lowest BCUT2D eigenvalue weighted by atomic mass is 10.1. The Hall–Kier alpha value is -2.44. The van der Waals surface area contributed by atoms with Crippen molar-refractivity contribution in [3.05, 3.63) is 23.5 Å². The zero-order chi connectivity index (χ0) is 15.0. The second-order valence-corrected chi connectivity index (χ2v) is 5.32. The van der Waals surface area contributed by atoms with Gasteiger partial charge in [-0.2, -0.15) is 5.10 Å². The van der Waals surface area contributed by atoms with Crippen LogP contribution in [0.3, 0.4) is 0 Å². The van der Waals surface area contributed by atoms with Crippen LogP contribution in [0.25, 0.3) is 11.0 Å². The van der Waals surface area contributed by atoms with Gasteiger partial charge < -0.3 is 10.6 Å². The van der Waals surface area contributed by atoms with Crippen LogP contribution in [0.5, 0.6) is 0 Å². The van der Waals surface area contributed by atoms with Crippen molar-refractivity contribution in [3.63, 3.8) is 0 Å². The molecule has 2 aromatic heterocycles. The first-order chi connectivity index (χ1) is 10.0. The Kier molecular flexibility index (Phi) is 3.32. The minimum absolute atomic E-state index is 0.0270. The molecule has 21 heavy (non-hydrogen) atoms. The van der Waals surface area contributed by atoms with Gasteiger partial charge in [0.15, 0.2) is 5.65 Å². The number of carbonyl (C=O) groups is 2. The number of nitrogens with one attached hydrogen (secondary N) is 2. The lowest BCUT2D eigenvalue weighted by Crippen LogP contribution is -2.47. The molecule has 110 valence electrons. The van der Waals surface area contributed by atoms with E-state index < -0.39 is 0 Å². The molecule has 1 aliphatic heterocycles. The molecule has 2 N–H and O–H groups in total. The summed E-state index contributed by atoms with van der Waals surface area (Å²) >= 11 is 0. The lowest BCUT2D eigenvalue weighted by Gasteiger charge is -2.23. The summed E-state index contributed by atoms with van der Waals surface area (Å²) in [7, 11) is 1.83. The van der Waals surface area contributed by atoms with Crippen molar-refractivity contribution in [1.82, 2.24) is 25.4 Å². The van der Waals surface area contributed by atoms with Gasteiger partial charge in [0.2, 0.25) is 5.91 Å². The topological polar surface area (TPSA) is 88.9 Å². The Morgan fingerprint density at radius 3 is 3.05 bits per heavy atom. The number of nitrogens with zero attached hydrogens (tertiary/aromatic N) is 3. The Bertz CT molecular complexity index is 711. The third-order valence-electron chi connectivity index (χ3n) is 3.73. The number of aromatic nitrogens is 3. The van der Waals surface area contributed by atoms with Crippen molar-refractivity contribution in [3.8, 4) is 0 Å². The molecule has 1 atom stereocenters. The summed E-state index contributed by atoms with van der Waals surface area (Å²) in [6, 6.07) is 1.78. The van der Waals surface area contributed by atoms with Gasteiger partial charge >= 0.3 is 0 Å². The summed E-state index contributed by atoms with van der Waals surface area (Å²) in [5, 5.41) is 10.8. The van der Waals surface area contributed by atoms with Gasteiger partial charge in [0.05, 0.1) is 11.3 Å². The largest absolute Gasteiger partial charge is 0.354 e. The third-order valence-corrected chi connectivity index (χ3v) is 3.73. The number of rotatable bonds is 2. The molecule has 0 saturated carbocycles. The van der Waals surface area contributed by atoms with Crippen LogP contribution in [0.2, 0.25) is 0 Å². The number of pyridine rings is 1. The van der Waals surface area contributed by atoms with E-state index in [9.17, 15) is 9.59 Å². The summed E-state index contributed by atoms with van der Waals surface area (Å²) in [5.41, 5.74) is 2.11. The van der Waals surface area contributed by atoms with Crippen molar-refractivity contribution >= 4 is 22.8 Å². The summed E-state index contributed by atoms with van der Waals surface area (Å²) in [4.78, 5) is 27.7. The highest BCUT2D eigenvalue weighted by molar-refractivity contribution is 5.97. The minimum atomic E-state index is -0.172. The van der Waals surface area contributed by atoms with E-state index in [-0.39, 0.29) is 17.9 Å². The fraction of sp³-hybridized carbons (Fsp3) is 0.429. The number of carbonyl (C=O) groups excluding carboxylic acids is 2. The van der Waals surface area contributed by atoms with E-state index in [1.165, 1.54) is 0 Å². The average molecular weight is 287 g/mol. The van der Waals surface area contributed by atoms with Crippen LogP contribution >= 0.6 is 0 Å². The first-order valence-corrected chi connectivity index (χ1v) is 6.91. The maximum atomic E-state index is 12.3.